The van der Waals surface area contributed by atoms with Gasteiger partial charge < -0.3 is 10.3 Å². The minimum Gasteiger partial charge on any atom is -0.369 e. The number of carbonyl (C=O) groups is 1. The summed E-state index contributed by atoms with van der Waals surface area (Å²) < 4.78 is 2.00. The molecule has 0 radical (unpaired) electrons. The number of Topliss-reactive ketones (excluding diaryl/α,β-unsaturated/α-hetero) is 1. The Bertz CT molecular complexity index is 806. The molecule has 2 aromatic carbocycles. The lowest BCUT2D eigenvalue weighted by Crippen LogP contribution is -2.04. The lowest BCUT2D eigenvalue weighted by atomic mass is 10.1. The van der Waals surface area contributed by atoms with Gasteiger partial charge in [-0.1, -0.05) is 43.3 Å². The van der Waals surface area contributed by atoms with E-state index in [0.717, 1.165) is 16.6 Å². The molecule has 4 nitrogen and oxygen atoms in total. The lowest BCUT2D eigenvalue weighted by Gasteiger charge is -2.07. The second kappa shape index (κ2) is 6.02. The van der Waals surface area contributed by atoms with Crippen LogP contribution in [0.25, 0.3) is 11.0 Å². The molecule has 0 aliphatic heterocycles. The Morgan fingerprint density at radius 2 is 1.91 bits per heavy atom. The van der Waals surface area contributed by atoms with Gasteiger partial charge in [0.05, 0.1) is 17.6 Å². The van der Waals surface area contributed by atoms with E-state index >= 15 is 0 Å². The van der Waals surface area contributed by atoms with Crippen molar-refractivity contribution in [2.45, 2.75) is 26.3 Å². The van der Waals surface area contributed by atoms with Crippen molar-refractivity contribution in [1.29, 1.82) is 0 Å². The first kappa shape index (κ1) is 14.3. The number of carbonyl (C=O) groups excluding carboxylic acids is 1. The number of ketones is 1. The first-order valence-corrected chi connectivity index (χ1v) is 7.47. The van der Waals surface area contributed by atoms with Gasteiger partial charge in [-0.25, -0.2) is 4.98 Å². The Balaban J connectivity index is 1.95. The van der Waals surface area contributed by atoms with Crippen molar-refractivity contribution < 1.29 is 4.79 Å². The number of imidazole rings is 1. The van der Waals surface area contributed by atoms with Gasteiger partial charge in [0.2, 0.25) is 5.95 Å². The molecule has 0 fully saturated rings. The summed E-state index contributed by atoms with van der Waals surface area (Å²) in [6.45, 7) is 2.57. The van der Waals surface area contributed by atoms with Crippen LogP contribution in [0.4, 0.5) is 5.95 Å². The van der Waals surface area contributed by atoms with Gasteiger partial charge in [-0.2, -0.15) is 0 Å². The average molecular weight is 293 g/mol. The Morgan fingerprint density at radius 1 is 1.14 bits per heavy atom. The molecule has 0 aliphatic carbocycles. The maximum absolute atomic E-state index is 11.6. The molecule has 3 aromatic rings. The van der Waals surface area contributed by atoms with E-state index in [-0.39, 0.29) is 5.78 Å². The SMILES string of the molecule is CCC(=O)Cc1ccc2c(c1)nc(N)n2Cc1ccccc1. The van der Waals surface area contributed by atoms with Crippen LogP contribution in [0.2, 0.25) is 0 Å². The van der Waals surface area contributed by atoms with Gasteiger partial charge in [-0.3, -0.25) is 4.79 Å². The van der Waals surface area contributed by atoms with Crippen LogP contribution in [0.3, 0.4) is 0 Å². The first-order valence-electron chi connectivity index (χ1n) is 7.47. The summed E-state index contributed by atoms with van der Waals surface area (Å²) >= 11 is 0. The normalized spacial score (nSPS) is 11.0. The number of benzene rings is 2. The van der Waals surface area contributed by atoms with E-state index < -0.39 is 0 Å². The summed E-state index contributed by atoms with van der Waals surface area (Å²) in [4.78, 5) is 16.0. The van der Waals surface area contributed by atoms with E-state index in [1.165, 1.54) is 5.56 Å². The maximum atomic E-state index is 11.6. The van der Waals surface area contributed by atoms with Gasteiger partial charge in [0.25, 0.3) is 0 Å². The monoisotopic (exact) mass is 293 g/mol. The van der Waals surface area contributed by atoms with Crippen LogP contribution in [0.15, 0.2) is 48.5 Å². The van der Waals surface area contributed by atoms with Crippen molar-refractivity contribution in [3.8, 4) is 0 Å². The number of hydrogen-bond acceptors (Lipinski definition) is 3. The van der Waals surface area contributed by atoms with Crippen molar-refractivity contribution in [2.24, 2.45) is 0 Å². The molecule has 22 heavy (non-hydrogen) atoms. The van der Waals surface area contributed by atoms with E-state index in [9.17, 15) is 4.79 Å². The minimum absolute atomic E-state index is 0.232. The molecule has 112 valence electrons. The third-order valence-electron chi connectivity index (χ3n) is 3.82. The van der Waals surface area contributed by atoms with Gasteiger partial charge >= 0.3 is 0 Å². The third-order valence-corrected chi connectivity index (χ3v) is 3.82. The Kier molecular flexibility index (Phi) is 3.92. The molecule has 0 saturated heterocycles. The van der Waals surface area contributed by atoms with E-state index in [4.69, 9.17) is 5.73 Å². The quantitative estimate of drug-likeness (QED) is 0.786. The van der Waals surface area contributed by atoms with Gasteiger partial charge in [0.15, 0.2) is 0 Å². The van der Waals surface area contributed by atoms with Crippen molar-refractivity contribution in [3.05, 3.63) is 59.7 Å². The highest BCUT2D eigenvalue weighted by Gasteiger charge is 2.10. The molecule has 4 heteroatoms. The van der Waals surface area contributed by atoms with Crippen LogP contribution in [-0.2, 0) is 17.8 Å². The smallest absolute Gasteiger partial charge is 0.201 e. The summed E-state index contributed by atoms with van der Waals surface area (Å²) in [5.74, 6) is 0.730. The fourth-order valence-corrected chi connectivity index (χ4v) is 2.59. The molecule has 0 bridgehead atoms. The fraction of sp³-hybridized carbons (Fsp3) is 0.222. The largest absolute Gasteiger partial charge is 0.369 e. The second-order valence-electron chi connectivity index (χ2n) is 5.43. The number of nitrogens with zero attached hydrogens (tertiary/aromatic N) is 2. The maximum Gasteiger partial charge on any atom is 0.201 e. The minimum atomic E-state index is 0.232. The van der Waals surface area contributed by atoms with E-state index in [0.29, 0.717) is 25.3 Å². The third kappa shape index (κ3) is 2.86. The number of aromatic nitrogens is 2. The van der Waals surface area contributed by atoms with Crippen molar-refractivity contribution >= 4 is 22.8 Å². The zero-order valence-corrected chi connectivity index (χ0v) is 12.6. The molecular formula is C18H19N3O. The highest BCUT2D eigenvalue weighted by atomic mass is 16.1. The average Bonchev–Trinajstić information content (AvgIpc) is 2.83. The Morgan fingerprint density at radius 3 is 2.64 bits per heavy atom. The van der Waals surface area contributed by atoms with Crippen LogP contribution in [0.1, 0.15) is 24.5 Å². The standard InChI is InChI=1S/C18H19N3O/c1-2-15(22)10-14-8-9-17-16(11-14)20-18(19)21(17)12-13-6-4-3-5-7-13/h3-9,11H,2,10,12H2,1H3,(H2,19,20). The summed E-state index contributed by atoms with van der Waals surface area (Å²) in [6, 6.07) is 16.1. The number of nitrogen functional groups attached to an aromatic ring is 1. The van der Waals surface area contributed by atoms with Crippen LogP contribution >= 0.6 is 0 Å². The number of rotatable bonds is 5. The van der Waals surface area contributed by atoms with Crippen molar-refractivity contribution in [1.82, 2.24) is 9.55 Å². The predicted molar refractivity (Wildman–Crippen MR) is 88.7 cm³/mol. The zero-order chi connectivity index (χ0) is 15.5. The molecule has 3 rings (SSSR count). The number of nitrogens with two attached hydrogens (primary N) is 1. The Hall–Kier alpha value is -2.62. The van der Waals surface area contributed by atoms with E-state index in [2.05, 4.69) is 17.1 Å². The topological polar surface area (TPSA) is 60.9 Å². The van der Waals surface area contributed by atoms with Gasteiger partial charge in [0, 0.05) is 12.8 Å². The van der Waals surface area contributed by atoms with Gasteiger partial charge in [-0.05, 0) is 23.3 Å². The number of anilines is 1. The van der Waals surface area contributed by atoms with Crippen LogP contribution in [0, 0.1) is 0 Å². The van der Waals surface area contributed by atoms with Crippen LogP contribution in [-0.4, -0.2) is 15.3 Å². The van der Waals surface area contributed by atoms with Crippen LogP contribution in [0.5, 0.6) is 0 Å². The molecule has 0 saturated carbocycles. The lowest BCUT2D eigenvalue weighted by molar-refractivity contribution is -0.118. The molecule has 1 heterocycles. The highest BCUT2D eigenvalue weighted by molar-refractivity contribution is 5.84. The molecule has 1 aromatic heterocycles. The predicted octanol–water partition coefficient (Wildman–Crippen LogP) is 3.19. The molecule has 2 N–H and O–H groups in total. The summed E-state index contributed by atoms with van der Waals surface area (Å²) in [5, 5.41) is 0. The highest BCUT2D eigenvalue weighted by Crippen LogP contribution is 2.21. The molecule has 0 aliphatic rings. The fourth-order valence-electron chi connectivity index (χ4n) is 2.59. The molecule has 0 spiro atoms. The summed E-state index contributed by atoms with van der Waals surface area (Å²) in [5.41, 5.74) is 10.1. The molecule has 0 unspecified atom stereocenters. The molecule has 0 amide bonds. The van der Waals surface area contributed by atoms with Gasteiger partial charge in [0.1, 0.15) is 5.78 Å². The summed E-state index contributed by atoms with van der Waals surface area (Å²) in [7, 11) is 0. The van der Waals surface area contributed by atoms with Crippen molar-refractivity contribution in [2.75, 3.05) is 5.73 Å². The van der Waals surface area contributed by atoms with E-state index in [1.807, 2.05) is 47.9 Å². The molecular weight excluding hydrogens is 274 g/mol. The Labute approximate surface area is 129 Å². The molecule has 0 atom stereocenters. The number of hydrogen-bond donors (Lipinski definition) is 1. The van der Waals surface area contributed by atoms with Crippen LogP contribution < -0.4 is 5.73 Å². The number of fused-ring (bicyclic) bond motifs is 1. The first-order chi connectivity index (χ1) is 10.7. The zero-order valence-electron chi connectivity index (χ0n) is 12.6. The van der Waals surface area contributed by atoms with Gasteiger partial charge in [-0.15, -0.1) is 0 Å². The second-order valence-corrected chi connectivity index (χ2v) is 5.43. The van der Waals surface area contributed by atoms with E-state index in [1.54, 1.807) is 0 Å². The summed E-state index contributed by atoms with van der Waals surface area (Å²) in [6.07, 6.45) is 1.01. The van der Waals surface area contributed by atoms with Crippen molar-refractivity contribution in [3.63, 3.8) is 0 Å².